The molecule has 0 saturated heterocycles. The summed E-state index contributed by atoms with van der Waals surface area (Å²) < 4.78 is 4.76. The maximum atomic E-state index is 11.2. The van der Waals surface area contributed by atoms with Crippen LogP contribution in [0.1, 0.15) is 12.5 Å². The second-order valence-corrected chi connectivity index (χ2v) is 3.46. The lowest BCUT2D eigenvalue weighted by atomic mass is 10.2. The van der Waals surface area contributed by atoms with E-state index in [1.165, 1.54) is 7.05 Å². The molecule has 1 aromatic rings. The fraction of sp³-hybridized carbons (Fsp3) is 0.273. The highest BCUT2D eigenvalue weighted by Crippen LogP contribution is 2.08. The number of ether oxygens (including phenoxy) is 1. The highest BCUT2D eigenvalue weighted by Gasteiger charge is 2.05. The van der Waals surface area contributed by atoms with Gasteiger partial charge in [-0.3, -0.25) is 0 Å². The minimum atomic E-state index is -0.479. The molecule has 0 saturated carbocycles. The molecule has 5 heteroatoms. The molecule has 16 heavy (non-hydrogen) atoms. The number of halogens is 1. The van der Waals surface area contributed by atoms with Gasteiger partial charge < -0.3 is 4.74 Å². The Kier molecular flexibility index (Phi) is 4.79. The van der Waals surface area contributed by atoms with Crippen LogP contribution in [-0.2, 0) is 4.74 Å². The molecular weight excluding hydrogens is 228 g/mol. The average Bonchev–Trinajstić information content (AvgIpc) is 2.28. The van der Waals surface area contributed by atoms with Crippen molar-refractivity contribution in [2.75, 3.05) is 13.7 Å². The molecule has 0 aromatic heterocycles. The van der Waals surface area contributed by atoms with Crippen LogP contribution in [0, 0.1) is 0 Å². The van der Waals surface area contributed by atoms with Crippen molar-refractivity contribution < 1.29 is 9.53 Å². The lowest BCUT2D eigenvalue weighted by Crippen LogP contribution is -2.22. The van der Waals surface area contributed by atoms with Gasteiger partial charge >= 0.3 is 6.09 Å². The minimum Gasteiger partial charge on any atom is -0.448 e. The van der Waals surface area contributed by atoms with Gasteiger partial charge in [0.05, 0.1) is 12.8 Å². The van der Waals surface area contributed by atoms with Crippen LogP contribution in [-0.4, -0.2) is 31.0 Å². The molecule has 0 radical (unpaired) electrons. The minimum absolute atomic E-state index is 0.333. The maximum Gasteiger partial charge on any atom is 0.430 e. The SMILES string of the molecule is CCOC(=O)N(C)/N=C/c1ccc(Cl)cc1. The molecule has 0 N–H and O–H groups in total. The van der Waals surface area contributed by atoms with Crippen LogP contribution in [0.25, 0.3) is 0 Å². The number of carbonyl (C=O) groups excluding carboxylic acids is 1. The first-order chi connectivity index (χ1) is 7.63. The van der Waals surface area contributed by atoms with Gasteiger partial charge in [-0.25, -0.2) is 9.80 Å². The van der Waals surface area contributed by atoms with E-state index in [2.05, 4.69) is 5.10 Å². The van der Waals surface area contributed by atoms with Gasteiger partial charge in [-0.05, 0) is 24.6 Å². The first-order valence-corrected chi connectivity index (χ1v) is 5.21. The van der Waals surface area contributed by atoms with Crippen molar-refractivity contribution in [3.8, 4) is 0 Å². The number of rotatable bonds is 3. The molecule has 1 amide bonds. The van der Waals surface area contributed by atoms with Crippen molar-refractivity contribution in [2.45, 2.75) is 6.92 Å². The van der Waals surface area contributed by atoms with E-state index in [0.717, 1.165) is 10.6 Å². The van der Waals surface area contributed by atoms with E-state index in [9.17, 15) is 4.79 Å². The van der Waals surface area contributed by atoms with E-state index >= 15 is 0 Å². The van der Waals surface area contributed by atoms with Crippen LogP contribution in [0.5, 0.6) is 0 Å². The fourth-order valence-electron chi connectivity index (χ4n) is 0.966. The molecule has 1 rings (SSSR count). The van der Waals surface area contributed by atoms with Crippen LogP contribution in [0.15, 0.2) is 29.4 Å². The Morgan fingerprint density at radius 2 is 2.12 bits per heavy atom. The van der Waals surface area contributed by atoms with Crippen molar-refractivity contribution in [1.29, 1.82) is 0 Å². The van der Waals surface area contributed by atoms with Crippen molar-refractivity contribution in [3.05, 3.63) is 34.9 Å². The van der Waals surface area contributed by atoms with E-state index < -0.39 is 6.09 Å². The van der Waals surface area contributed by atoms with Gasteiger partial charge in [0, 0.05) is 12.1 Å². The number of hydrogen-bond acceptors (Lipinski definition) is 3. The smallest absolute Gasteiger partial charge is 0.430 e. The molecule has 1 aromatic carbocycles. The first kappa shape index (κ1) is 12.5. The molecule has 0 aliphatic heterocycles. The zero-order valence-electron chi connectivity index (χ0n) is 9.18. The summed E-state index contributed by atoms with van der Waals surface area (Å²) in [5, 5.41) is 5.73. The molecule has 0 heterocycles. The Bertz CT molecular complexity index is 376. The summed E-state index contributed by atoms with van der Waals surface area (Å²) in [4.78, 5) is 11.2. The molecule has 0 fully saturated rings. The van der Waals surface area contributed by atoms with Crippen LogP contribution in [0.4, 0.5) is 4.79 Å². The lowest BCUT2D eigenvalue weighted by molar-refractivity contribution is 0.117. The van der Waals surface area contributed by atoms with E-state index in [1.54, 1.807) is 25.3 Å². The van der Waals surface area contributed by atoms with Crippen LogP contribution >= 0.6 is 11.6 Å². The number of hydrazone groups is 1. The third kappa shape index (κ3) is 3.90. The number of hydrogen-bond donors (Lipinski definition) is 0. The number of carbonyl (C=O) groups is 1. The Hall–Kier alpha value is -1.55. The maximum absolute atomic E-state index is 11.2. The zero-order valence-corrected chi connectivity index (χ0v) is 9.94. The lowest BCUT2D eigenvalue weighted by Gasteiger charge is -2.09. The highest BCUT2D eigenvalue weighted by molar-refractivity contribution is 6.30. The molecule has 0 bridgehead atoms. The fourth-order valence-corrected chi connectivity index (χ4v) is 1.09. The molecule has 0 unspecified atom stereocenters. The number of benzene rings is 1. The zero-order chi connectivity index (χ0) is 12.0. The highest BCUT2D eigenvalue weighted by atomic mass is 35.5. The number of amides is 1. The van der Waals surface area contributed by atoms with Gasteiger partial charge in [-0.15, -0.1) is 0 Å². The van der Waals surface area contributed by atoms with Gasteiger partial charge in [-0.2, -0.15) is 5.10 Å². The quantitative estimate of drug-likeness (QED) is 0.602. The van der Waals surface area contributed by atoms with Gasteiger partial charge in [-0.1, -0.05) is 23.7 Å². The van der Waals surface area contributed by atoms with E-state index in [1.807, 2.05) is 12.1 Å². The summed E-state index contributed by atoms with van der Waals surface area (Å²) in [6.45, 7) is 2.08. The largest absolute Gasteiger partial charge is 0.448 e. The third-order valence-corrected chi connectivity index (χ3v) is 2.03. The van der Waals surface area contributed by atoms with Gasteiger partial charge in [0.2, 0.25) is 0 Å². The Morgan fingerprint density at radius 3 is 2.69 bits per heavy atom. The molecule has 86 valence electrons. The van der Waals surface area contributed by atoms with E-state index in [-0.39, 0.29) is 0 Å². The standard InChI is InChI=1S/C11H13ClN2O2/c1-3-16-11(15)14(2)13-8-9-4-6-10(12)7-5-9/h4-8H,3H2,1-2H3/b13-8+. The third-order valence-electron chi connectivity index (χ3n) is 1.78. The Balaban J connectivity index is 2.59. The van der Waals surface area contributed by atoms with Crippen molar-refractivity contribution in [2.24, 2.45) is 5.10 Å². The molecule has 0 aliphatic rings. The average molecular weight is 241 g/mol. The van der Waals surface area contributed by atoms with E-state index in [4.69, 9.17) is 16.3 Å². The summed E-state index contributed by atoms with van der Waals surface area (Å²) in [5.41, 5.74) is 0.862. The van der Waals surface area contributed by atoms with Gasteiger partial charge in [0.25, 0.3) is 0 Å². The predicted molar refractivity (Wildman–Crippen MR) is 63.8 cm³/mol. The Morgan fingerprint density at radius 1 is 1.50 bits per heavy atom. The molecular formula is C11H13ClN2O2. The summed E-state index contributed by atoms with van der Waals surface area (Å²) >= 11 is 5.74. The molecule has 0 spiro atoms. The Labute approximate surface area is 99.5 Å². The molecule has 0 atom stereocenters. The molecule has 4 nitrogen and oxygen atoms in total. The first-order valence-electron chi connectivity index (χ1n) is 4.83. The number of nitrogens with zero attached hydrogens (tertiary/aromatic N) is 2. The van der Waals surface area contributed by atoms with Crippen molar-refractivity contribution in [3.63, 3.8) is 0 Å². The second kappa shape index (κ2) is 6.12. The van der Waals surface area contributed by atoms with Crippen molar-refractivity contribution in [1.82, 2.24) is 5.01 Å². The topological polar surface area (TPSA) is 41.9 Å². The normalized spacial score (nSPS) is 10.4. The summed E-state index contributed by atoms with van der Waals surface area (Å²) in [7, 11) is 1.53. The van der Waals surface area contributed by atoms with E-state index in [0.29, 0.717) is 11.6 Å². The van der Waals surface area contributed by atoms with Crippen LogP contribution < -0.4 is 0 Å². The summed E-state index contributed by atoms with van der Waals surface area (Å²) in [6.07, 6.45) is 1.08. The summed E-state index contributed by atoms with van der Waals surface area (Å²) in [5.74, 6) is 0. The second-order valence-electron chi connectivity index (χ2n) is 3.02. The van der Waals surface area contributed by atoms with Crippen LogP contribution in [0.3, 0.4) is 0 Å². The summed E-state index contributed by atoms with van der Waals surface area (Å²) in [6, 6.07) is 7.14. The van der Waals surface area contributed by atoms with Gasteiger partial charge in [0.15, 0.2) is 0 Å². The molecule has 0 aliphatic carbocycles. The monoisotopic (exact) mass is 240 g/mol. The van der Waals surface area contributed by atoms with Crippen molar-refractivity contribution >= 4 is 23.9 Å². The van der Waals surface area contributed by atoms with Gasteiger partial charge in [0.1, 0.15) is 0 Å². The predicted octanol–water partition coefficient (Wildman–Crippen LogP) is 2.76. The van der Waals surface area contributed by atoms with Crippen LogP contribution in [0.2, 0.25) is 5.02 Å².